The number of aliphatic carboxylic acids is 1. The minimum atomic E-state index is -0.949. The summed E-state index contributed by atoms with van der Waals surface area (Å²) in [5.74, 6) is -1.42. The van der Waals surface area contributed by atoms with Crippen molar-refractivity contribution in [3.8, 4) is 0 Å². The van der Waals surface area contributed by atoms with Crippen LogP contribution >= 0.6 is 0 Å². The summed E-state index contributed by atoms with van der Waals surface area (Å²) in [6.07, 6.45) is 0. The van der Waals surface area contributed by atoms with Gasteiger partial charge in [0, 0.05) is 13.1 Å². The van der Waals surface area contributed by atoms with Gasteiger partial charge in [0.2, 0.25) is 0 Å². The van der Waals surface area contributed by atoms with Gasteiger partial charge < -0.3 is 15.3 Å². The highest BCUT2D eigenvalue weighted by atomic mass is 16.7. The zero-order valence-electron chi connectivity index (χ0n) is 9.70. The Balaban J connectivity index is 1.93. The molecule has 1 saturated heterocycles. The van der Waals surface area contributed by atoms with Crippen molar-refractivity contribution >= 4 is 11.9 Å². The van der Waals surface area contributed by atoms with Crippen molar-refractivity contribution in [1.29, 1.82) is 0 Å². The van der Waals surface area contributed by atoms with Gasteiger partial charge in [-0.1, -0.05) is 18.2 Å². The predicted octanol–water partition coefficient (Wildman–Crippen LogP) is 0.117. The number of rotatable bonds is 3. The van der Waals surface area contributed by atoms with Crippen LogP contribution in [0.2, 0.25) is 0 Å². The number of carbonyl (C=O) groups excluding carboxylic acids is 1. The third-order valence-corrected chi connectivity index (χ3v) is 2.66. The first kappa shape index (κ1) is 12.5. The molecule has 1 aromatic carbocycles. The molecule has 0 spiro atoms. The van der Waals surface area contributed by atoms with E-state index in [1.54, 1.807) is 24.3 Å². The van der Waals surface area contributed by atoms with E-state index < -0.39 is 18.0 Å². The average molecular weight is 250 g/mol. The summed E-state index contributed by atoms with van der Waals surface area (Å²) in [5.41, 5.74) is 0.447. The van der Waals surface area contributed by atoms with Crippen molar-refractivity contribution < 1.29 is 19.5 Å². The first-order chi connectivity index (χ1) is 8.66. The van der Waals surface area contributed by atoms with Gasteiger partial charge in [-0.2, -0.15) is 0 Å². The van der Waals surface area contributed by atoms with Gasteiger partial charge in [-0.05, 0) is 12.1 Å². The van der Waals surface area contributed by atoms with E-state index in [2.05, 4.69) is 5.32 Å². The molecule has 1 fully saturated rings. The molecule has 6 nitrogen and oxygen atoms in total. The highest BCUT2D eigenvalue weighted by Gasteiger charge is 2.27. The molecule has 1 heterocycles. The second-order valence-corrected chi connectivity index (χ2v) is 3.98. The quantitative estimate of drug-likeness (QED) is 0.793. The maximum Gasteiger partial charge on any atom is 0.357 e. The number of hydrogen-bond acceptors (Lipinski definition) is 5. The molecule has 96 valence electrons. The Morgan fingerprint density at radius 3 is 2.72 bits per heavy atom. The molecule has 0 aliphatic carbocycles. The van der Waals surface area contributed by atoms with E-state index in [1.165, 1.54) is 5.06 Å². The molecule has 2 rings (SSSR count). The Kier molecular flexibility index (Phi) is 3.91. The van der Waals surface area contributed by atoms with Gasteiger partial charge in [-0.15, -0.1) is 5.06 Å². The number of hydroxylamine groups is 2. The topological polar surface area (TPSA) is 78.9 Å². The van der Waals surface area contributed by atoms with Gasteiger partial charge in [-0.25, -0.2) is 4.79 Å². The molecule has 0 saturated carbocycles. The minimum absolute atomic E-state index is 0.147. The summed E-state index contributed by atoms with van der Waals surface area (Å²) in [7, 11) is 0. The van der Waals surface area contributed by atoms with Crippen molar-refractivity contribution in [3.63, 3.8) is 0 Å². The van der Waals surface area contributed by atoms with Gasteiger partial charge in [0.1, 0.15) is 6.04 Å². The zero-order valence-corrected chi connectivity index (χ0v) is 9.70. The van der Waals surface area contributed by atoms with Gasteiger partial charge in [-0.3, -0.25) is 4.79 Å². The fraction of sp³-hybridized carbons (Fsp3) is 0.333. The van der Waals surface area contributed by atoms with Crippen LogP contribution in [0.4, 0.5) is 0 Å². The van der Waals surface area contributed by atoms with Crippen molar-refractivity contribution in [2.75, 3.05) is 19.6 Å². The maximum atomic E-state index is 11.8. The van der Waals surface area contributed by atoms with Crippen LogP contribution in [0, 0.1) is 0 Å². The lowest BCUT2D eigenvalue weighted by Gasteiger charge is -2.29. The van der Waals surface area contributed by atoms with E-state index in [1.807, 2.05) is 6.07 Å². The lowest BCUT2D eigenvalue weighted by Crippen LogP contribution is -2.54. The normalized spacial score (nSPS) is 20.3. The van der Waals surface area contributed by atoms with Crippen LogP contribution in [-0.2, 0) is 9.63 Å². The summed E-state index contributed by atoms with van der Waals surface area (Å²) in [5, 5.41) is 13.1. The van der Waals surface area contributed by atoms with E-state index in [9.17, 15) is 9.59 Å². The van der Waals surface area contributed by atoms with Crippen LogP contribution in [-0.4, -0.2) is 47.8 Å². The first-order valence-electron chi connectivity index (χ1n) is 5.65. The number of piperazine rings is 1. The molecule has 1 aliphatic rings. The Bertz CT molecular complexity index is 435. The number of nitrogens with one attached hydrogen (secondary N) is 1. The second kappa shape index (κ2) is 5.61. The molecule has 1 aliphatic heterocycles. The Hall–Kier alpha value is -1.92. The number of benzene rings is 1. The molecule has 2 N–H and O–H groups in total. The van der Waals surface area contributed by atoms with Crippen LogP contribution in [0.25, 0.3) is 0 Å². The van der Waals surface area contributed by atoms with E-state index in [-0.39, 0.29) is 6.54 Å². The lowest BCUT2D eigenvalue weighted by atomic mass is 10.2. The van der Waals surface area contributed by atoms with Crippen molar-refractivity contribution in [3.05, 3.63) is 35.9 Å². The molecule has 0 amide bonds. The van der Waals surface area contributed by atoms with Crippen molar-refractivity contribution in [2.24, 2.45) is 0 Å². The maximum absolute atomic E-state index is 11.8. The molecule has 0 aromatic heterocycles. The molecule has 0 radical (unpaired) electrons. The zero-order chi connectivity index (χ0) is 13.0. The molecule has 6 heteroatoms. The number of nitrogens with zero attached hydrogens (tertiary/aromatic N) is 1. The number of carboxylic acid groups (broad SMARTS) is 1. The monoisotopic (exact) mass is 250 g/mol. The van der Waals surface area contributed by atoms with Gasteiger partial charge in [0.25, 0.3) is 0 Å². The van der Waals surface area contributed by atoms with Crippen LogP contribution in [0.5, 0.6) is 0 Å². The van der Waals surface area contributed by atoms with E-state index in [0.29, 0.717) is 18.7 Å². The second-order valence-electron chi connectivity index (χ2n) is 3.98. The van der Waals surface area contributed by atoms with Crippen LogP contribution in [0.1, 0.15) is 10.4 Å². The average Bonchev–Trinajstić information content (AvgIpc) is 2.40. The van der Waals surface area contributed by atoms with Gasteiger partial charge in [0.15, 0.2) is 0 Å². The summed E-state index contributed by atoms with van der Waals surface area (Å²) in [4.78, 5) is 27.7. The van der Waals surface area contributed by atoms with Crippen molar-refractivity contribution in [1.82, 2.24) is 10.4 Å². The van der Waals surface area contributed by atoms with Gasteiger partial charge in [0.05, 0.1) is 12.1 Å². The summed E-state index contributed by atoms with van der Waals surface area (Å²) >= 11 is 0. The summed E-state index contributed by atoms with van der Waals surface area (Å²) in [6, 6.07) is 7.89. The third-order valence-electron chi connectivity index (χ3n) is 2.66. The lowest BCUT2D eigenvalue weighted by molar-refractivity contribution is -0.152. The van der Waals surface area contributed by atoms with Crippen molar-refractivity contribution in [2.45, 2.75) is 6.04 Å². The highest BCUT2D eigenvalue weighted by molar-refractivity contribution is 5.89. The molecule has 1 aromatic rings. The van der Waals surface area contributed by atoms with Crippen LogP contribution in [0.15, 0.2) is 30.3 Å². The fourth-order valence-corrected chi connectivity index (χ4v) is 1.72. The fourth-order valence-electron chi connectivity index (χ4n) is 1.72. The Morgan fingerprint density at radius 1 is 1.33 bits per heavy atom. The molecule has 18 heavy (non-hydrogen) atoms. The number of carboxylic acids is 1. The van der Waals surface area contributed by atoms with E-state index in [0.717, 1.165) is 0 Å². The SMILES string of the molecule is O=C(ON1CCN[C@@H](C(=O)O)C1)c1ccccc1. The third kappa shape index (κ3) is 3.06. The minimum Gasteiger partial charge on any atom is -0.480 e. The Morgan fingerprint density at radius 2 is 2.06 bits per heavy atom. The van der Waals surface area contributed by atoms with Gasteiger partial charge >= 0.3 is 11.9 Å². The number of hydrogen-bond donors (Lipinski definition) is 2. The standard InChI is InChI=1S/C12H14N2O4/c15-11(16)10-8-14(7-6-13-10)18-12(17)9-4-2-1-3-5-9/h1-5,10,13H,6-8H2,(H,15,16)/t10-/m1/s1. The van der Waals surface area contributed by atoms with Crippen LogP contribution < -0.4 is 5.32 Å². The molecular weight excluding hydrogens is 236 g/mol. The summed E-state index contributed by atoms with van der Waals surface area (Å²) in [6.45, 7) is 1.09. The smallest absolute Gasteiger partial charge is 0.357 e. The molecular formula is C12H14N2O4. The van der Waals surface area contributed by atoms with Crippen LogP contribution in [0.3, 0.4) is 0 Å². The van der Waals surface area contributed by atoms with E-state index >= 15 is 0 Å². The molecule has 0 bridgehead atoms. The largest absolute Gasteiger partial charge is 0.480 e. The summed E-state index contributed by atoms with van der Waals surface area (Å²) < 4.78 is 0. The highest BCUT2D eigenvalue weighted by Crippen LogP contribution is 2.06. The Labute approximate surface area is 104 Å². The molecule has 1 atom stereocenters. The first-order valence-corrected chi connectivity index (χ1v) is 5.65. The number of carbonyl (C=O) groups is 2. The van der Waals surface area contributed by atoms with E-state index in [4.69, 9.17) is 9.94 Å². The predicted molar refractivity (Wildman–Crippen MR) is 62.9 cm³/mol. The molecule has 0 unspecified atom stereocenters.